The van der Waals surface area contributed by atoms with Crippen molar-refractivity contribution in [2.75, 3.05) is 18.4 Å². The van der Waals surface area contributed by atoms with E-state index in [1.165, 1.54) is 23.8 Å². The molecule has 1 aromatic heterocycles. The molecule has 0 unspecified atom stereocenters. The normalized spacial score (nSPS) is 15.5. The minimum Gasteiger partial charge on any atom is -0.324 e. The number of hydrogen-bond acceptors (Lipinski definition) is 2. The first-order chi connectivity index (χ1) is 11.1. The van der Waals surface area contributed by atoms with Gasteiger partial charge in [0.1, 0.15) is 5.82 Å². The number of nitrogens with one attached hydrogen (secondary N) is 1. The highest BCUT2D eigenvalue weighted by molar-refractivity contribution is 6.30. The fraction of sp³-hybridized carbons (Fsp3) is 0.294. The number of aromatic nitrogens is 1. The number of pyridine rings is 1. The number of hydrogen-bond donors (Lipinski definition) is 1. The van der Waals surface area contributed by atoms with Gasteiger partial charge in [-0.15, -0.1) is 0 Å². The van der Waals surface area contributed by atoms with Crippen LogP contribution in [0.4, 0.5) is 14.9 Å². The van der Waals surface area contributed by atoms with Gasteiger partial charge in [0, 0.05) is 36.2 Å². The summed E-state index contributed by atoms with van der Waals surface area (Å²) in [7, 11) is 0. The van der Waals surface area contributed by atoms with Crippen LogP contribution in [0.1, 0.15) is 24.3 Å². The fourth-order valence-corrected chi connectivity index (χ4v) is 3.08. The maximum absolute atomic E-state index is 13.3. The van der Waals surface area contributed by atoms with Crippen LogP contribution < -0.4 is 5.32 Å². The van der Waals surface area contributed by atoms with Crippen LogP contribution in [0.15, 0.2) is 42.7 Å². The van der Waals surface area contributed by atoms with Gasteiger partial charge in [0.25, 0.3) is 0 Å². The Labute approximate surface area is 139 Å². The highest BCUT2D eigenvalue weighted by Gasteiger charge is 2.24. The molecule has 1 saturated heterocycles. The number of amides is 2. The Hall–Kier alpha value is -2.14. The van der Waals surface area contributed by atoms with Gasteiger partial charge in [0.15, 0.2) is 0 Å². The summed E-state index contributed by atoms with van der Waals surface area (Å²) in [4.78, 5) is 18.2. The molecule has 0 saturated carbocycles. The Morgan fingerprint density at radius 1 is 1.30 bits per heavy atom. The molecule has 120 valence electrons. The van der Waals surface area contributed by atoms with E-state index in [4.69, 9.17) is 11.6 Å². The number of nitrogens with zero attached hydrogens (tertiary/aromatic N) is 2. The average molecular weight is 334 g/mol. The van der Waals surface area contributed by atoms with Crippen molar-refractivity contribution in [1.82, 2.24) is 9.88 Å². The first kappa shape index (κ1) is 15.7. The Morgan fingerprint density at radius 3 is 2.74 bits per heavy atom. The van der Waals surface area contributed by atoms with Crippen LogP contribution in [0.25, 0.3) is 0 Å². The molecule has 2 aromatic rings. The van der Waals surface area contributed by atoms with Crippen molar-refractivity contribution in [3.05, 3.63) is 59.1 Å². The largest absolute Gasteiger partial charge is 0.324 e. The zero-order valence-electron chi connectivity index (χ0n) is 12.5. The Kier molecular flexibility index (Phi) is 4.76. The molecular formula is C17H17ClFN3O. The monoisotopic (exact) mass is 333 g/mol. The van der Waals surface area contributed by atoms with Crippen molar-refractivity contribution in [2.24, 2.45) is 0 Å². The molecule has 0 radical (unpaired) electrons. The van der Waals surface area contributed by atoms with Crippen molar-refractivity contribution in [3.8, 4) is 0 Å². The van der Waals surface area contributed by atoms with E-state index < -0.39 is 5.82 Å². The van der Waals surface area contributed by atoms with Crippen molar-refractivity contribution in [2.45, 2.75) is 18.8 Å². The molecule has 4 nitrogen and oxygen atoms in total. The van der Waals surface area contributed by atoms with Crippen molar-refractivity contribution in [3.63, 3.8) is 0 Å². The molecule has 2 amide bonds. The third kappa shape index (κ3) is 3.99. The van der Waals surface area contributed by atoms with E-state index >= 15 is 0 Å². The van der Waals surface area contributed by atoms with Crippen LogP contribution in [-0.2, 0) is 0 Å². The molecule has 6 heteroatoms. The topological polar surface area (TPSA) is 45.2 Å². The molecular weight excluding hydrogens is 317 g/mol. The molecule has 1 aromatic carbocycles. The number of carbonyl (C=O) groups excluding carboxylic acids is 1. The van der Waals surface area contributed by atoms with Gasteiger partial charge in [-0.3, -0.25) is 4.98 Å². The number of rotatable bonds is 2. The molecule has 3 rings (SSSR count). The minimum atomic E-state index is -0.469. The lowest BCUT2D eigenvalue weighted by Crippen LogP contribution is -2.40. The van der Waals surface area contributed by atoms with Crippen LogP contribution in [0, 0.1) is 5.82 Å². The van der Waals surface area contributed by atoms with E-state index in [1.54, 1.807) is 11.1 Å². The summed E-state index contributed by atoms with van der Waals surface area (Å²) in [5, 5.41) is 2.96. The van der Waals surface area contributed by atoms with Gasteiger partial charge >= 0.3 is 6.03 Å². The molecule has 0 spiro atoms. The molecule has 0 bridgehead atoms. The Balaban J connectivity index is 1.58. The van der Waals surface area contributed by atoms with Gasteiger partial charge in [-0.2, -0.15) is 0 Å². The number of halogens is 2. The Bertz CT molecular complexity index is 667. The second-order valence-electron chi connectivity index (χ2n) is 5.64. The number of urea groups is 1. The average Bonchev–Trinajstić information content (AvgIpc) is 2.55. The molecule has 2 heterocycles. The smallest absolute Gasteiger partial charge is 0.321 e. The van der Waals surface area contributed by atoms with E-state index in [0.717, 1.165) is 12.8 Å². The number of likely N-dealkylation sites (tertiary alicyclic amines) is 1. The maximum atomic E-state index is 13.3. The van der Waals surface area contributed by atoms with Crippen molar-refractivity contribution in [1.29, 1.82) is 0 Å². The molecule has 0 aliphatic carbocycles. The summed E-state index contributed by atoms with van der Waals surface area (Å²) >= 11 is 5.80. The first-order valence-electron chi connectivity index (χ1n) is 7.54. The third-order valence-electron chi connectivity index (χ3n) is 4.05. The predicted molar refractivity (Wildman–Crippen MR) is 88.2 cm³/mol. The number of carbonyl (C=O) groups is 1. The summed E-state index contributed by atoms with van der Waals surface area (Å²) < 4.78 is 13.3. The van der Waals surface area contributed by atoms with Crippen LogP contribution in [-0.4, -0.2) is 29.0 Å². The highest BCUT2D eigenvalue weighted by Crippen LogP contribution is 2.27. The van der Waals surface area contributed by atoms with E-state index in [-0.39, 0.29) is 11.1 Å². The van der Waals surface area contributed by atoms with Gasteiger partial charge in [-0.25, -0.2) is 9.18 Å². The lowest BCUT2D eigenvalue weighted by atomic mass is 9.91. The zero-order valence-corrected chi connectivity index (χ0v) is 13.3. The Morgan fingerprint density at radius 2 is 2.09 bits per heavy atom. The second kappa shape index (κ2) is 6.96. The fourth-order valence-electron chi connectivity index (χ4n) is 2.86. The highest BCUT2D eigenvalue weighted by atomic mass is 35.5. The minimum absolute atomic E-state index is 0.226. The van der Waals surface area contributed by atoms with Gasteiger partial charge < -0.3 is 10.2 Å². The summed E-state index contributed by atoms with van der Waals surface area (Å²) in [5.74, 6) is -0.0422. The standard InChI is InChI=1S/C17H17ClFN3O/c18-14-8-15(19)10-16(9-14)21-17(23)22-6-3-12(4-7-22)13-2-1-5-20-11-13/h1-2,5,8-12H,3-4,6-7H2,(H,21,23). The molecule has 1 fully saturated rings. The van der Waals surface area contributed by atoms with Gasteiger partial charge in [0.05, 0.1) is 0 Å². The van der Waals surface area contributed by atoms with E-state index in [1.807, 2.05) is 12.3 Å². The van der Waals surface area contributed by atoms with Crippen LogP contribution in [0.3, 0.4) is 0 Å². The molecule has 1 aliphatic rings. The molecule has 1 N–H and O–H groups in total. The van der Waals surface area contributed by atoms with E-state index in [2.05, 4.69) is 16.4 Å². The summed E-state index contributed by atoms with van der Waals surface area (Å²) in [6.45, 7) is 1.32. The summed E-state index contributed by atoms with van der Waals surface area (Å²) in [5.41, 5.74) is 1.58. The second-order valence-corrected chi connectivity index (χ2v) is 6.07. The van der Waals surface area contributed by atoms with Gasteiger partial charge in [-0.1, -0.05) is 17.7 Å². The number of benzene rings is 1. The lowest BCUT2D eigenvalue weighted by Gasteiger charge is -2.32. The van der Waals surface area contributed by atoms with Gasteiger partial charge in [0.2, 0.25) is 0 Å². The number of anilines is 1. The van der Waals surface area contributed by atoms with Crippen LogP contribution >= 0.6 is 11.6 Å². The number of piperidine rings is 1. The summed E-state index contributed by atoms with van der Waals surface area (Å²) in [6.07, 6.45) is 5.43. The quantitative estimate of drug-likeness (QED) is 0.891. The third-order valence-corrected chi connectivity index (χ3v) is 4.27. The maximum Gasteiger partial charge on any atom is 0.321 e. The molecule has 1 aliphatic heterocycles. The SMILES string of the molecule is O=C(Nc1cc(F)cc(Cl)c1)N1CCC(c2cccnc2)CC1. The lowest BCUT2D eigenvalue weighted by molar-refractivity contribution is 0.194. The molecule has 0 atom stereocenters. The van der Waals surface area contributed by atoms with Crippen molar-refractivity contribution >= 4 is 23.3 Å². The van der Waals surface area contributed by atoms with Crippen molar-refractivity contribution < 1.29 is 9.18 Å². The zero-order chi connectivity index (χ0) is 16.2. The van der Waals surface area contributed by atoms with Gasteiger partial charge in [-0.05, 0) is 48.6 Å². The predicted octanol–water partition coefficient (Wildman–Crippen LogP) is 4.29. The first-order valence-corrected chi connectivity index (χ1v) is 7.91. The van der Waals surface area contributed by atoms with E-state index in [9.17, 15) is 9.18 Å². The van der Waals surface area contributed by atoms with E-state index in [0.29, 0.717) is 24.7 Å². The van der Waals surface area contributed by atoms with Crippen LogP contribution in [0.2, 0.25) is 5.02 Å². The molecule has 23 heavy (non-hydrogen) atoms. The van der Waals surface area contributed by atoms with Crippen LogP contribution in [0.5, 0.6) is 0 Å². The summed E-state index contributed by atoms with van der Waals surface area (Å²) in [6, 6.07) is 7.77.